The van der Waals surface area contributed by atoms with E-state index >= 15 is 0 Å². The van der Waals surface area contributed by atoms with Crippen LogP contribution < -0.4 is 10.1 Å². The Morgan fingerprint density at radius 1 is 1.19 bits per heavy atom. The zero-order chi connectivity index (χ0) is 18.9. The number of halogens is 2. The summed E-state index contributed by atoms with van der Waals surface area (Å²) in [5.74, 6) is 2.28. The number of amides is 1. The number of carbonyl (C=O) groups excluding carboxylic acids is 1. The molecule has 0 fully saturated rings. The molecule has 1 N–H and O–H groups in total. The maximum atomic E-state index is 12.3. The summed E-state index contributed by atoms with van der Waals surface area (Å²) >= 11 is 13.7. The molecule has 0 aromatic heterocycles. The first-order chi connectivity index (χ1) is 12.5. The fourth-order valence-corrected chi connectivity index (χ4v) is 3.48. The van der Waals surface area contributed by atoms with E-state index in [1.807, 2.05) is 50.2 Å². The molecule has 0 aliphatic carbocycles. The Morgan fingerprint density at radius 2 is 2.00 bits per heavy atom. The maximum Gasteiger partial charge on any atom is 0.261 e. The second-order valence-electron chi connectivity index (χ2n) is 5.92. The van der Waals surface area contributed by atoms with E-state index in [1.165, 1.54) is 0 Å². The lowest BCUT2D eigenvalue weighted by Gasteiger charge is -2.17. The van der Waals surface area contributed by atoms with Crippen LogP contribution in [0.15, 0.2) is 42.5 Å². The Morgan fingerprint density at radius 3 is 2.69 bits per heavy atom. The second-order valence-corrected chi connectivity index (χ2v) is 7.84. The van der Waals surface area contributed by atoms with Crippen LogP contribution in [0, 0.1) is 6.92 Å². The number of rotatable bonds is 9. The summed E-state index contributed by atoms with van der Waals surface area (Å²) in [5.41, 5.74) is 2.22. The summed E-state index contributed by atoms with van der Waals surface area (Å²) < 4.78 is 5.81. The molecule has 0 heterocycles. The van der Waals surface area contributed by atoms with Crippen molar-refractivity contribution in [2.24, 2.45) is 0 Å². The van der Waals surface area contributed by atoms with Crippen molar-refractivity contribution in [3.05, 3.63) is 63.6 Å². The van der Waals surface area contributed by atoms with E-state index in [2.05, 4.69) is 5.32 Å². The van der Waals surface area contributed by atoms with Gasteiger partial charge < -0.3 is 10.1 Å². The predicted octanol–water partition coefficient (Wildman–Crippen LogP) is 5.51. The minimum absolute atomic E-state index is 0.0795. The number of benzene rings is 2. The smallest absolute Gasteiger partial charge is 0.261 e. The molecule has 0 bridgehead atoms. The van der Waals surface area contributed by atoms with Crippen molar-refractivity contribution in [1.29, 1.82) is 0 Å². The van der Waals surface area contributed by atoms with Crippen LogP contribution in [0.25, 0.3) is 0 Å². The quantitative estimate of drug-likeness (QED) is 0.552. The van der Waals surface area contributed by atoms with Gasteiger partial charge >= 0.3 is 0 Å². The van der Waals surface area contributed by atoms with Gasteiger partial charge in [0.25, 0.3) is 5.91 Å². The van der Waals surface area contributed by atoms with Gasteiger partial charge in [0.2, 0.25) is 0 Å². The van der Waals surface area contributed by atoms with Gasteiger partial charge in [-0.1, -0.05) is 48.3 Å². The number of carbonyl (C=O) groups is 1. The molecule has 0 radical (unpaired) electrons. The molecular formula is C20H23Cl2NO2S. The fourth-order valence-electron chi connectivity index (χ4n) is 2.35. The van der Waals surface area contributed by atoms with Crippen LogP contribution in [-0.4, -0.2) is 24.3 Å². The van der Waals surface area contributed by atoms with Crippen LogP contribution in [0.2, 0.25) is 10.0 Å². The molecule has 1 atom stereocenters. The summed E-state index contributed by atoms with van der Waals surface area (Å²) in [6, 6.07) is 13.4. The fraction of sp³-hybridized carbons (Fsp3) is 0.350. The summed E-state index contributed by atoms with van der Waals surface area (Å²) in [5, 5.41) is 4.07. The number of nitrogens with one attached hydrogen (secondary N) is 1. The number of hydrogen-bond acceptors (Lipinski definition) is 3. The third kappa shape index (κ3) is 6.75. The van der Waals surface area contributed by atoms with Gasteiger partial charge in [0, 0.05) is 18.1 Å². The van der Waals surface area contributed by atoms with Crippen molar-refractivity contribution in [1.82, 2.24) is 5.32 Å². The van der Waals surface area contributed by atoms with Crippen molar-refractivity contribution in [2.75, 3.05) is 12.3 Å². The van der Waals surface area contributed by atoms with Gasteiger partial charge in [-0.2, -0.15) is 11.8 Å². The molecule has 2 aromatic rings. The van der Waals surface area contributed by atoms with Crippen molar-refractivity contribution < 1.29 is 9.53 Å². The second kappa shape index (κ2) is 10.7. The highest BCUT2D eigenvalue weighted by Gasteiger charge is 2.17. The van der Waals surface area contributed by atoms with E-state index in [1.54, 1.807) is 17.8 Å². The van der Waals surface area contributed by atoms with Gasteiger partial charge in [-0.25, -0.2) is 0 Å². The minimum atomic E-state index is -0.475. The van der Waals surface area contributed by atoms with E-state index in [0.717, 1.165) is 28.4 Å². The Kier molecular flexibility index (Phi) is 8.63. The lowest BCUT2D eigenvalue weighted by atomic mass is 10.2. The molecule has 26 heavy (non-hydrogen) atoms. The molecule has 0 saturated carbocycles. The van der Waals surface area contributed by atoms with Crippen LogP contribution in [0.5, 0.6) is 5.75 Å². The average molecular weight is 412 g/mol. The summed E-state index contributed by atoms with van der Waals surface area (Å²) in [6.07, 6.45) is 0.146. The third-order valence-electron chi connectivity index (χ3n) is 3.73. The summed E-state index contributed by atoms with van der Waals surface area (Å²) in [4.78, 5) is 12.3. The van der Waals surface area contributed by atoms with Crippen LogP contribution in [-0.2, 0) is 10.5 Å². The Hall–Kier alpha value is -1.36. The molecule has 1 amide bonds. The molecule has 0 unspecified atom stereocenters. The number of aryl methyl sites for hydroxylation is 1. The zero-order valence-corrected chi connectivity index (χ0v) is 17.3. The van der Waals surface area contributed by atoms with Crippen molar-refractivity contribution >= 4 is 40.9 Å². The Labute approximate surface area is 169 Å². The highest BCUT2D eigenvalue weighted by molar-refractivity contribution is 7.98. The SMILES string of the molecule is CC[C@@H](Oc1cccc(C)c1)C(=O)NCCSCc1ccc(Cl)c(Cl)c1. The maximum absolute atomic E-state index is 12.3. The first kappa shape index (κ1) is 20.9. The van der Waals surface area contributed by atoms with E-state index in [4.69, 9.17) is 27.9 Å². The largest absolute Gasteiger partial charge is 0.481 e. The first-order valence-electron chi connectivity index (χ1n) is 8.52. The first-order valence-corrected chi connectivity index (χ1v) is 10.4. The monoisotopic (exact) mass is 411 g/mol. The van der Waals surface area contributed by atoms with Crippen molar-refractivity contribution in [3.8, 4) is 5.75 Å². The van der Waals surface area contributed by atoms with E-state index < -0.39 is 6.10 Å². The van der Waals surface area contributed by atoms with Gasteiger partial charge in [0.1, 0.15) is 5.75 Å². The molecule has 0 aliphatic rings. The zero-order valence-electron chi connectivity index (χ0n) is 14.9. The lowest BCUT2D eigenvalue weighted by Crippen LogP contribution is -2.39. The third-order valence-corrected chi connectivity index (χ3v) is 5.50. The number of hydrogen-bond donors (Lipinski definition) is 1. The van der Waals surface area contributed by atoms with Crippen LogP contribution >= 0.6 is 35.0 Å². The molecule has 0 aliphatic heterocycles. The Bertz CT molecular complexity index is 740. The molecule has 3 nitrogen and oxygen atoms in total. The highest BCUT2D eigenvalue weighted by Crippen LogP contribution is 2.24. The normalized spacial score (nSPS) is 11.8. The lowest BCUT2D eigenvalue weighted by molar-refractivity contribution is -0.127. The van der Waals surface area contributed by atoms with E-state index in [-0.39, 0.29) is 5.91 Å². The highest BCUT2D eigenvalue weighted by atomic mass is 35.5. The van der Waals surface area contributed by atoms with Crippen LogP contribution in [0.3, 0.4) is 0 Å². The van der Waals surface area contributed by atoms with Gasteiger partial charge in [0.15, 0.2) is 6.10 Å². The van der Waals surface area contributed by atoms with Crippen molar-refractivity contribution in [2.45, 2.75) is 32.1 Å². The topological polar surface area (TPSA) is 38.3 Å². The summed E-state index contributed by atoms with van der Waals surface area (Å²) in [7, 11) is 0. The molecular weight excluding hydrogens is 389 g/mol. The predicted molar refractivity (Wildman–Crippen MR) is 112 cm³/mol. The molecule has 0 spiro atoms. The van der Waals surface area contributed by atoms with Crippen LogP contribution in [0.4, 0.5) is 0 Å². The average Bonchev–Trinajstić information content (AvgIpc) is 2.62. The van der Waals surface area contributed by atoms with E-state index in [9.17, 15) is 4.79 Å². The van der Waals surface area contributed by atoms with Gasteiger partial charge in [-0.05, 0) is 48.7 Å². The van der Waals surface area contributed by atoms with Crippen molar-refractivity contribution in [3.63, 3.8) is 0 Å². The summed E-state index contributed by atoms with van der Waals surface area (Å²) in [6.45, 7) is 4.54. The Balaban J connectivity index is 1.71. The van der Waals surface area contributed by atoms with Gasteiger partial charge in [0.05, 0.1) is 10.0 Å². The molecule has 2 rings (SSSR count). The van der Waals surface area contributed by atoms with Gasteiger partial charge in [-0.3, -0.25) is 4.79 Å². The number of thioether (sulfide) groups is 1. The molecule has 2 aromatic carbocycles. The number of ether oxygens (including phenoxy) is 1. The van der Waals surface area contributed by atoms with E-state index in [0.29, 0.717) is 23.0 Å². The molecule has 6 heteroatoms. The minimum Gasteiger partial charge on any atom is -0.481 e. The van der Waals surface area contributed by atoms with Crippen LogP contribution in [0.1, 0.15) is 24.5 Å². The molecule has 140 valence electrons. The van der Waals surface area contributed by atoms with Gasteiger partial charge in [-0.15, -0.1) is 0 Å². The molecule has 0 saturated heterocycles. The standard InChI is InChI=1S/C20H23Cl2NO2S/c1-3-19(25-16-6-4-5-14(2)11-16)20(24)23-9-10-26-13-15-7-8-17(21)18(22)12-15/h4-8,11-12,19H,3,9-10,13H2,1-2H3,(H,23,24)/t19-/m1/s1.